The van der Waals surface area contributed by atoms with Crippen molar-refractivity contribution in [3.05, 3.63) is 78.4 Å². The molecule has 0 unspecified atom stereocenters. The lowest BCUT2D eigenvalue weighted by molar-refractivity contribution is -0.148. The van der Waals surface area contributed by atoms with E-state index in [1.165, 1.54) is 5.56 Å². The van der Waals surface area contributed by atoms with Crippen LogP contribution in [0.5, 0.6) is 11.5 Å². The number of benzene rings is 2. The summed E-state index contributed by atoms with van der Waals surface area (Å²) in [5.74, 6) is 1.52. The van der Waals surface area contributed by atoms with Crippen LogP contribution in [-0.2, 0) is 14.9 Å². The highest BCUT2D eigenvalue weighted by Gasteiger charge is 2.58. The van der Waals surface area contributed by atoms with Crippen molar-refractivity contribution in [3.63, 3.8) is 0 Å². The van der Waals surface area contributed by atoms with E-state index in [9.17, 15) is 4.79 Å². The quantitative estimate of drug-likeness (QED) is 0.411. The Bertz CT molecular complexity index is 1100. The molecule has 2 aliphatic rings. The van der Waals surface area contributed by atoms with Crippen LogP contribution in [-0.4, -0.2) is 63.4 Å². The van der Waals surface area contributed by atoms with Crippen molar-refractivity contribution in [1.82, 2.24) is 10.2 Å². The van der Waals surface area contributed by atoms with E-state index < -0.39 is 0 Å². The SMILES string of the molecule is C=CCN1CC[C@@]2(c3cccc(OC)c3)C[C@H](NC(=O)C=Cc3cccc(OC)c3)CC[C@]2(OC)C1. The molecule has 6 nitrogen and oxygen atoms in total. The van der Waals surface area contributed by atoms with Gasteiger partial charge in [0.15, 0.2) is 0 Å². The molecule has 2 aromatic rings. The Kier molecular flexibility index (Phi) is 8.17. The van der Waals surface area contributed by atoms with Crippen molar-refractivity contribution in [3.8, 4) is 11.5 Å². The second kappa shape index (κ2) is 11.3. The van der Waals surface area contributed by atoms with Gasteiger partial charge < -0.3 is 19.5 Å². The zero-order valence-corrected chi connectivity index (χ0v) is 21.7. The minimum absolute atomic E-state index is 0.0490. The minimum atomic E-state index is -0.349. The van der Waals surface area contributed by atoms with E-state index >= 15 is 0 Å². The highest BCUT2D eigenvalue weighted by atomic mass is 16.5. The van der Waals surface area contributed by atoms with Crippen LogP contribution < -0.4 is 14.8 Å². The van der Waals surface area contributed by atoms with Gasteiger partial charge in [-0.3, -0.25) is 9.69 Å². The molecule has 0 bridgehead atoms. The molecule has 1 amide bonds. The van der Waals surface area contributed by atoms with E-state index in [0.717, 1.165) is 62.4 Å². The van der Waals surface area contributed by atoms with E-state index in [1.54, 1.807) is 20.3 Å². The number of likely N-dealkylation sites (tertiary alicyclic amines) is 1. The predicted molar refractivity (Wildman–Crippen MR) is 143 cm³/mol. The molecular formula is C30H38N2O4. The standard InChI is InChI=1S/C30H38N2O4/c1-5-17-32-18-16-29(24-9-7-11-27(20-24)35-3)21-25(14-15-30(29,22-32)36-4)31-28(33)13-12-23-8-6-10-26(19-23)34-2/h5-13,19-20,25H,1,14-18,21-22H2,2-4H3,(H,31,33)/t25-,29+,30+/m1/s1. The number of methoxy groups -OCH3 is 3. The van der Waals surface area contributed by atoms with Gasteiger partial charge in [-0.25, -0.2) is 0 Å². The van der Waals surface area contributed by atoms with Crippen LogP contribution >= 0.6 is 0 Å². The fourth-order valence-electron chi connectivity index (χ4n) is 6.14. The summed E-state index contributed by atoms with van der Waals surface area (Å²) in [6.07, 6.45) is 8.87. The lowest BCUT2D eigenvalue weighted by atomic mass is 9.55. The molecule has 1 aliphatic carbocycles. The maximum Gasteiger partial charge on any atom is 0.244 e. The van der Waals surface area contributed by atoms with E-state index in [0.29, 0.717) is 0 Å². The van der Waals surface area contributed by atoms with Gasteiger partial charge in [0.1, 0.15) is 11.5 Å². The van der Waals surface area contributed by atoms with Crippen molar-refractivity contribution in [2.75, 3.05) is 41.0 Å². The van der Waals surface area contributed by atoms with Crippen molar-refractivity contribution < 1.29 is 19.0 Å². The number of amides is 1. The minimum Gasteiger partial charge on any atom is -0.497 e. The highest BCUT2D eigenvalue weighted by Crippen LogP contribution is 2.53. The van der Waals surface area contributed by atoms with Gasteiger partial charge in [0, 0.05) is 37.7 Å². The first kappa shape index (κ1) is 26.0. The highest BCUT2D eigenvalue weighted by molar-refractivity contribution is 5.92. The predicted octanol–water partition coefficient (Wildman–Crippen LogP) is 4.60. The molecule has 4 rings (SSSR count). The van der Waals surface area contributed by atoms with Crippen LogP contribution in [0.1, 0.15) is 36.8 Å². The topological polar surface area (TPSA) is 60.0 Å². The summed E-state index contributed by atoms with van der Waals surface area (Å²) in [6.45, 7) is 6.57. The fraction of sp³-hybridized carbons (Fsp3) is 0.433. The Hall–Kier alpha value is -3.09. The first-order valence-corrected chi connectivity index (χ1v) is 12.6. The first-order valence-electron chi connectivity index (χ1n) is 12.6. The van der Waals surface area contributed by atoms with E-state index in [2.05, 4.69) is 35.0 Å². The second-order valence-electron chi connectivity index (χ2n) is 9.84. The monoisotopic (exact) mass is 490 g/mol. The second-order valence-corrected chi connectivity index (χ2v) is 9.84. The van der Waals surface area contributed by atoms with Crippen LogP contribution in [0.15, 0.2) is 67.3 Å². The number of piperidine rings is 1. The van der Waals surface area contributed by atoms with E-state index in [-0.39, 0.29) is 23.0 Å². The summed E-state index contributed by atoms with van der Waals surface area (Å²) in [5.41, 5.74) is 1.56. The average molecular weight is 491 g/mol. The van der Waals surface area contributed by atoms with Crippen molar-refractivity contribution in [2.24, 2.45) is 0 Å². The summed E-state index contributed by atoms with van der Waals surface area (Å²) < 4.78 is 17.3. The van der Waals surface area contributed by atoms with Crippen LogP contribution in [0, 0.1) is 0 Å². The summed E-state index contributed by atoms with van der Waals surface area (Å²) in [6, 6.07) is 16.1. The maximum absolute atomic E-state index is 12.9. The lowest BCUT2D eigenvalue weighted by Crippen LogP contribution is -2.67. The van der Waals surface area contributed by atoms with E-state index in [1.807, 2.05) is 49.6 Å². The molecule has 36 heavy (non-hydrogen) atoms. The summed E-state index contributed by atoms with van der Waals surface area (Å²) >= 11 is 0. The zero-order chi connectivity index (χ0) is 25.6. The number of fused-ring (bicyclic) bond motifs is 1. The van der Waals surface area contributed by atoms with Crippen LogP contribution in [0.3, 0.4) is 0 Å². The molecule has 1 saturated carbocycles. The third-order valence-corrected chi connectivity index (χ3v) is 7.97. The Morgan fingerprint density at radius 2 is 1.86 bits per heavy atom. The Morgan fingerprint density at radius 3 is 2.58 bits per heavy atom. The molecule has 2 aromatic carbocycles. The van der Waals surface area contributed by atoms with Gasteiger partial charge in [0.05, 0.1) is 19.8 Å². The molecule has 6 heteroatoms. The van der Waals surface area contributed by atoms with Crippen LogP contribution in [0.2, 0.25) is 0 Å². The van der Waals surface area contributed by atoms with Crippen molar-refractivity contribution >= 4 is 12.0 Å². The van der Waals surface area contributed by atoms with Gasteiger partial charge in [-0.05, 0) is 73.7 Å². The van der Waals surface area contributed by atoms with Gasteiger partial charge in [-0.1, -0.05) is 30.3 Å². The third kappa shape index (κ3) is 5.20. The Labute approximate surface area is 214 Å². The van der Waals surface area contributed by atoms with Gasteiger partial charge in [0.2, 0.25) is 5.91 Å². The molecule has 192 valence electrons. The van der Waals surface area contributed by atoms with Crippen molar-refractivity contribution in [1.29, 1.82) is 0 Å². The number of rotatable bonds is 9. The number of carbonyl (C=O) groups excluding carboxylic acids is 1. The normalized spacial score (nSPS) is 26.2. The number of ether oxygens (including phenoxy) is 3. The van der Waals surface area contributed by atoms with Gasteiger partial charge >= 0.3 is 0 Å². The number of carbonyl (C=O) groups is 1. The molecule has 1 aliphatic heterocycles. The van der Waals surface area contributed by atoms with Gasteiger partial charge in [-0.15, -0.1) is 6.58 Å². The molecule has 1 heterocycles. The Balaban J connectivity index is 1.58. The zero-order valence-electron chi connectivity index (χ0n) is 21.7. The summed E-state index contributed by atoms with van der Waals surface area (Å²) in [4.78, 5) is 15.3. The van der Waals surface area contributed by atoms with Crippen LogP contribution in [0.25, 0.3) is 6.08 Å². The van der Waals surface area contributed by atoms with Gasteiger partial charge in [-0.2, -0.15) is 0 Å². The molecule has 0 radical (unpaired) electrons. The maximum atomic E-state index is 12.9. The molecule has 3 atom stereocenters. The molecule has 2 fully saturated rings. The molecule has 0 aromatic heterocycles. The molecular weight excluding hydrogens is 452 g/mol. The fourth-order valence-corrected chi connectivity index (χ4v) is 6.14. The number of hydrogen-bond acceptors (Lipinski definition) is 5. The lowest BCUT2D eigenvalue weighted by Gasteiger charge is -2.59. The van der Waals surface area contributed by atoms with E-state index in [4.69, 9.17) is 14.2 Å². The molecule has 0 spiro atoms. The summed E-state index contributed by atoms with van der Waals surface area (Å²) in [5, 5.41) is 3.28. The van der Waals surface area contributed by atoms with Crippen LogP contribution in [0.4, 0.5) is 0 Å². The largest absolute Gasteiger partial charge is 0.497 e. The first-order chi connectivity index (χ1) is 17.5. The Morgan fingerprint density at radius 1 is 1.11 bits per heavy atom. The third-order valence-electron chi connectivity index (χ3n) is 7.97. The number of nitrogens with one attached hydrogen (secondary N) is 1. The van der Waals surface area contributed by atoms with Crippen molar-refractivity contribution in [2.45, 2.75) is 42.7 Å². The molecule has 1 N–H and O–H groups in total. The average Bonchev–Trinajstić information content (AvgIpc) is 2.92. The van der Waals surface area contributed by atoms with Gasteiger partial charge in [0.25, 0.3) is 0 Å². The smallest absolute Gasteiger partial charge is 0.244 e. The number of hydrogen-bond donors (Lipinski definition) is 1. The summed E-state index contributed by atoms with van der Waals surface area (Å²) in [7, 11) is 5.17. The number of nitrogens with zero attached hydrogens (tertiary/aromatic N) is 1. The molecule has 1 saturated heterocycles.